The highest BCUT2D eigenvalue weighted by Crippen LogP contribution is 2.22. The summed E-state index contributed by atoms with van der Waals surface area (Å²) < 4.78 is 40.3. The molecule has 0 aliphatic heterocycles. The third-order valence-corrected chi connectivity index (χ3v) is 3.59. The van der Waals surface area contributed by atoms with Crippen molar-refractivity contribution in [2.45, 2.75) is 19.8 Å². The number of carbonyl (C=O) groups excluding carboxylic acids is 1. The highest BCUT2D eigenvalue weighted by atomic mass is 19.4. The van der Waals surface area contributed by atoms with E-state index in [1.807, 2.05) is 30.3 Å². The maximum absolute atomic E-state index is 12.3. The van der Waals surface area contributed by atoms with Crippen molar-refractivity contribution in [2.75, 3.05) is 0 Å². The lowest BCUT2D eigenvalue weighted by Gasteiger charge is -2.09. The molecule has 3 rings (SSSR count). The van der Waals surface area contributed by atoms with Crippen LogP contribution in [0.2, 0.25) is 0 Å². The molecule has 1 N–H and O–H groups in total. The predicted molar refractivity (Wildman–Crippen MR) is 90.4 cm³/mol. The molecule has 27 heavy (non-hydrogen) atoms. The van der Waals surface area contributed by atoms with Gasteiger partial charge in [0.15, 0.2) is 5.69 Å². The third kappa shape index (κ3) is 4.84. The van der Waals surface area contributed by atoms with Gasteiger partial charge in [0, 0.05) is 6.54 Å². The van der Waals surface area contributed by atoms with Gasteiger partial charge in [-0.3, -0.25) is 4.79 Å². The highest BCUT2D eigenvalue weighted by Gasteiger charge is 2.30. The van der Waals surface area contributed by atoms with Crippen LogP contribution in [0.3, 0.4) is 0 Å². The van der Waals surface area contributed by atoms with E-state index in [4.69, 9.17) is 0 Å². The van der Waals surface area contributed by atoms with Crippen molar-refractivity contribution in [3.8, 4) is 11.4 Å². The first-order valence-corrected chi connectivity index (χ1v) is 7.94. The largest absolute Gasteiger partial charge is 0.573 e. The van der Waals surface area contributed by atoms with E-state index in [0.29, 0.717) is 11.3 Å². The quantitative estimate of drug-likeness (QED) is 0.741. The van der Waals surface area contributed by atoms with E-state index in [1.54, 1.807) is 6.92 Å². The molecule has 2 aromatic carbocycles. The molecule has 0 radical (unpaired) electrons. The first kappa shape index (κ1) is 18.4. The Morgan fingerprint density at radius 2 is 1.74 bits per heavy atom. The van der Waals surface area contributed by atoms with Gasteiger partial charge in [-0.2, -0.15) is 9.90 Å². The van der Waals surface area contributed by atoms with Gasteiger partial charge in [-0.1, -0.05) is 30.3 Å². The van der Waals surface area contributed by atoms with Crippen LogP contribution in [0.25, 0.3) is 5.69 Å². The van der Waals surface area contributed by atoms with Crippen LogP contribution in [0.1, 0.15) is 21.7 Å². The van der Waals surface area contributed by atoms with Crippen molar-refractivity contribution >= 4 is 5.91 Å². The van der Waals surface area contributed by atoms with Gasteiger partial charge in [0.05, 0.1) is 11.4 Å². The van der Waals surface area contributed by atoms with Crippen molar-refractivity contribution in [1.82, 2.24) is 20.3 Å². The van der Waals surface area contributed by atoms with E-state index in [9.17, 15) is 18.0 Å². The first-order chi connectivity index (χ1) is 12.8. The summed E-state index contributed by atoms with van der Waals surface area (Å²) >= 11 is 0. The van der Waals surface area contributed by atoms with Gasteiger partial charge in [-0.05, 0) is 36.8 Å². The second-order valence-electron chi connectivity index (χ2n) is 5.63. The summed E-state index contributed by atoms with van der Waals surface area (Å²) in [5.41, 5.74) is 1.98. The topological polar surface area (TPSA) is 69.0 Å². The van der Waals surface area contributed by atoms with Crippen LogP contribution in [-0.2, 0) is 6.54 Å². The fourth-order valence-corrected chi connectivity index (χ4v) is 2.34. The molecule has 1 heterocycles. The Hall–Kier alpha value is -3.36. The van der Waals surface area contributed by atoms with Crippen LogP contribution in [0.5, 0.6) is 5.75 Å². The number of nitrogens with zero attached hydrogens (tertiary/aromatic N) is 3. The molecule has 0 saturated carbocycles. The van der Waals surface area contributed by atoms with Gasteiger partial charge in [0.25, 0.3) is 5.91 Å². The lowest BCUT2D eigenvalue weighted by Crippen LogP contribution is -2.24. The Bertz CT molecular complexity index is 922. The summed E-state index contributed by atoms with van der Waals surface area (Å²) in [4.78, 5) is 13.7. The zero-order valence-electron chi connectivity index (χ0n) is 14.2. The minimum absolute atomic E-state index is 0.128. The number of hydrogen-bond donors (Lipinski definition) is 1. The fraction of sp³-hybridized carbons (Fsp3) is 0.167. The molecule has 0 fully saturated rings. The minimum atomic E-state index is -4.74. The number of rotatable bonds is 5. The smallest absolute Gasteiger partial charge is 0.406 e. The van der Waals surface area contributed by atoms with Gasteiger partial charge in [0.1, 0.15) is 5.75 Å². The standard InChI is InChI=1S/C18H15F3N4O2/c1-12-16(24-25(23-12)14-5-3-2-4-6-14)17(26)22-11-13-7-9-15(10-8-13)27-18(19,20)21/h2-10H,11H2,1H3,(H,22,26). The lowest BCUT2D eigenvalue weighted by molar-refractivity contribution is -0.274. The first-order valence-electron chi connectivity index (χ1n) is 7.94. The van der Waals surface area contributed by atoms with Crippen molar-refractivity contribution < 1.29 is 22.7 Å². The molecule has 0 atom stereocenters. The number of aromatic nitrogens is 3. The van der Waals surface area contributed by atoms with Gasteiger partial charge in [0.2, 0.25) is 0 Å². The van der Waals surface area contributed by atoms with Crippen molar-refractivity contribution in [1.29, 1.82) is 0 Å². The van der Waals surface area contributed by atoms with Crippen LogP contribution < -0.4 is 10.1 Å². The second-order valence-corrected chi connectivity index (χ2v) is 5.63. The van der Waals surface area contributed by atoms with Gasteiger partial charge in [-0.15, -0.1) is 18.3 Å². The van der Waals surface area contributed by atoms with Crippen molar-refractivity contribution in [3.63, 3.8) is 0 Å². The minimum Gasteiger partial charge on any atom is -0.406 e. The van der Waals surface area contributed by atoms with E-state index in [1.165, 1.54) is 29.1 Å². The summed E-state index contributed by atoms with van der Waals surface area (Å²) in [5.74, 6) is -0.746. The average molecular weight is 376 g/mol. The van der Waals surface area contributed by atoms with Crippen LogP contribution >= 0.6 is 0 Å². The summed E-state index contributed by atoms with van der Waals surface area (Å²) in [5, 5.41) is 11.1. The van der Waals surface area contributed by atoms with Gasteiger partial charge in [-0.25, -0.2) is 0 Å². The molecule has 0 saturated heterocycles. The molecule has 0 aliphatic carbocycles. The molecule has 0 unspecified atom stereocenters. The Kier molecular flexibility index (Phi) is 5.11. The highest BCUT2D eigenvalue weighted by molar-refractivity contribution is 5.93. The molecular weight excluding hydrogens is 361 g/mol. The average Bonchev–Trinajstić information content (AvgIpc) is 3.02. The van der Waals surface area contributed by atoms with Crippen LogP contribution in [0.15, 0.2) is 54.6 Å². The number of ether oxygens (including phenoxy) is 1. The summed E-state index contributed by atoms with van der Waals surface area (Å²) in [6, 6.07) is 14.4. The fourth-order valence-electron chi connectivity index (χ4n) is 2.34. The molecule has 0 spiro atoms. The predicted octanol–water partition coefficient (Wildman–Crippen LogP) is 3.40. The maximum atomic E-state index is 12.3. The molecular formula is C18H15F3N4O2. The zero-order chi connectivity index (χ0) is 19.4. The van der Waals surface area contributed by atoms with E-state index >= 15 is 0 Å². The van der Waals surface area contributed by atoms with E-state index in [2.05, 4.69) is 20.3 Å². The molecule has 6 nitrogen and oxygen atoms in total. The molecule has 0 bridgehead atoms. The Morgan fingerprint density at radius 1 is 1.07 bits per heavy atom. The lowest BCUT2D eigenvalue weighted by atomic mass is 10.2. The number of alkyl halides is 3. The monoisotopic (exact) mass is 376 g/mol. The van der Waals surface area contributed by atoms with Crippen LogP contribution in [0.4, 0.5) is 13.2 Å². The number of nitrogens with one attached hydrogen (secondary N) is 1. The second kappa shape index (κ2) is 7.48. The zero-order valence-corrected chi connectivity index (χ0v) is 14.2. The summed E-state index contributed by atoms with van der Waals surface area (Å²) in [6.45, 7) is 1.80. The molecule has 9 heteroatoms. The van der Waals surface area contributed by atoms with Crippen molar-refractivity contribution in [2.24, 2.45) is 0 Å². The molecule has 1 aromatic heterocycles. The molecule has 0 aliphatic rings. The molecule has 3 aromatic rings. The summed E-state index contributed by atoms with van der Waals surface area (Å²) in [6.07, 6.45) is -4.74. The number of benzene rings is 2. The Labute approximate surface area is 152 Å². The number of para-hydroxylation sites is 1. The Morgan fingerprint density at radius 3 is 2.37 bits per heavy atom. The molecule has 1 amide bonds. The van der Waals surface area contributed by atoms with Gasteiger partial charge >= 0.3 is 6.36 Å². The normalized spacial score (nSPS) is 11.3. The number of carbonyl (C=O) groups is 1. The van der Waals surface area contributed by atoms with Crippen molar-refractivity contribution in [3.05, 3.63) is 71.5 Å². The number of halogens is 3. The number of hydrogen-bond acceptors (Lipinski definition) is 4. The SMILES string of the molecule is Cc1nn(-c2ccccc2)nc1C(=O)NCc1ccc(OC(F)(F)F)cc1. The number of aryl methyl sites for hydroxylation is 1. The third-order valence-electron chi connectivity index (χ3n) is 3.59. The van der Waals surface area contributed by atoms with Crippen LogP contribution in [-0.4, -0.2) is 27.3 Å². The summed E-state index contributed by atoms with van der Waals surface area (Å²) in [7, 11) is 0. The van der Waals surface area contributed by atoms with E-state index < -0.39 is 12.3 Å². The van der Waals surface area contributed by atoms with Gasteiger partial charge < -0.3 is 10.1 Å². The maximum Gasteiger partial charge on any atom is 0.573 e. The van der Waals surface area contributed by atoms with E-state index in [0.717, 1.165) is 5.69 Å². The van der Waals surface area contributed by atoms with Crippen LogP contribution in [0, 0.1) is 6.92 Å². The molecule has 140 valence electrons. The number of amides is 1. The van der Waals surface area contributed by atoms with E-state index in [-0.39, 0.29) is 18.0 Å². The Balaban J connectivity index is 1.64.